The molecule has 1 aliphatic heterocycles. The number of pyridine rings is 1. The highest BCUT2D eigenvalue weighted by atomic mass is 16.5. The molecule has 0 bridgehead atoms. The molecule has 0 saturated carbocycles. The Morgan fingerprint density at radius 3 is 2.88 bits per heavy atom. The molecule has 2 nitrogen and oxygen atoms in total. The van der Waals surface area contributed by atoms with Crippen molar-refractivity contribution in [1.82, 2.24) is 4.98 Å². The van der Waals surface area contributed by atoms with Crippen molar-refractivity contribution in [1.29, 1.82) is 0 Å². The van der Waals surface area contributed by atoms with Gasteiger partial charge < -0.3 is 4.74 Å². The van der Waals surface area contributed by atoms with Crippen LogP contribution in [-0.2, 0) is 24.4 Å². The maximum Gasteiger partial charge on any atom is 0.0742 e. The maximum atomic E-state index is 5.52. The normalized spacial score (nSPS) is 14.4. The number of ether oxygens (including phenoxy) is 1. The van der Waals surface area contributed by atoms with Gasteiger partial charge in [0.2, 0.25) is 0 Å². The molecule has 1 aromatic heterocycles. The highest BCUT2D eigenvalue weighted by Crippen LogP contribution is 2.29. The summed E-state index contributed by atoms with van der Waals surface area (Å²) in [5.74, 6) is 0. The molecule has 0 N–H and O–H groups in total. The van der Waals surface area contributed by atoms with Crippen LogP contribution in [0.1, 0.15) is 29.3 Å². The van der Waals surface area contributed by atoms with Crippen LogP contribution in [-0.4, -0.2) is 4.98 Å². The SMILES string of the molecule is CCc1ccc2c3c(c(C)nc2c1)COC3. The van der Waals surface area contributed by atoms with Gasteiger partial charge in [0.15, 0.2) is 0 Å². The fraction of sp³-hybridized carbons (Fsp3) is 0.357. The number of benzene rings is 1. The Kier molecular flexibility index (Phi) is 2.18. The van der Waals surface area contributed by atoms with Gasteiger partial charge in [-0.15, -0.1) is 0 Å². The number of rotatable bonds is 1. The van der Waals surface area contributed by atoms with Crippen LogP contribution < -0.4 is 0 Å². The third kappa shape index (κ3) is 1.34. The Hall–Kier alpha value is -1.41. The zero-order chi connectivity index (χ0) is 11.1. The summed E-state index contributed by atoms with van der Waals surface area (Å²) in [5, 5.41) is 1.26. The second kappa shape index (κ2) is 3.56. The third-order valence-electron chi connectivity index (χ3n) is 3.38. The number of aromatic nitrogens is 1. The van der Waals surface area contributed by atoms with Gasteiger partial charge in [0.1, 0.15) is 0 Å². The van der Waals surface area contributed by atoms with E-state index in [-0.39, 0.29) is 0 Å². The van der Waals surface area contributed by atoms with E-state index in [2.05, 4.69) is 37.0 Å². The first-order valence-corrected chi connectivity index (χ1v) is 5.78. The summed E-state index contributed by atoms with van der Waals surface area (Å²) in [5.41, 5.74) is 6.20. The van der Waals surface area contributed by atoms with Crippen molar-refractivity contribution < 1.29 is 4.74 Å². The minimum Gasteiger partial charge on any atom is -0.372 e. The summed E-state index contributed by atoms with van der Waals surface area (Å²) < 4.78 is 5.52. The topological polar surface area (TPSA) is 22.1 Å². The van der Waals surface area contributed by atoms with E-state index in [0.29, 0.717) is 0 Å². The predicted octanol–water partition coefficient (Wildman–Crippen LogP) is 3.14. The summed E-state index contributed by atoms with van der Waals surface area (Å²) in [4.78, 5) is 4.68. The van der Waals surface area contributed by atoms with Crippen molar-refractivity contribution in [3.05, 3.63) is 40.6 Å². The first kappa shape index (κ1) is 9.79. The molecule has 2 heteroatoms. The lowest BCUT2D eigenvalue weighted by Gasteiger charge is -2.07. The molecule has 0 amide bonds. The average molecular weight is 213 g/mol. The van der Waals surface area contributed by atoms with Gasteiger partial charge in [0.25, 0.3) is 0 Å². The standard InChI is InChI=1S/C14H15NO/c1-3-10-4-5-11-13-8-16-7-12(13)9(2)15-14(11)6-10/h4-6H,3,7-8H2,1-2H3. The van der Waals surface area contributed by atoms with E-state index in [9.17, 15) is 0 Å². The Morgan fingerprint density at radius 2 is 2.06 bits per heavy atom. The minimum absolute atomic E-state index is 0.722. The van der Waals surface area contributed by atoms with Crippen molar-refractivity contribution >= 4 is 10.9 Å². The Balaban J connectivity index is 2.33. The van der Waals surface area contributed by atoms with E-state index in [1.165, 1.54) is 22.1 Å². The van der Waals surface area contributed by atoms with Crippen LogP contribution in [0.4, 0.5) is 0 Å². The molecule has 0 atom stereocenters. The lowest BCUT2D eigenvalue weighted by atomic mass is 10.0. The number of aryl methyl sites for hydroxylation is 2. The monoisotopic (exact) mass is 213 g/mol. The second-order valence-corrected chi connectivity index (χ2v) is 4.35. The van der Waals surface area contributed by atoms with Gasteiger partial charge in [-0.1, -0.05) is 19.1 Å². The number of hydrogen-bond donors (Lipinski definition) is 0. The van der Waals surface area contributed by atoms with Crippen LogP contribution in [0.25, 0.3) is 10.9 Å². The maximum absolute atomic E-state index is 5.52. The molecular weight excluding hydrogens is 198 g/mol. The van der Waals surface area contributed by atoms with Gasteiger partial charge in [-0.05, 0) is 30.5 Å². The summed E-state index contributed by atoms with van der Waals surface area (Å²) in [6, 6.07) is 6.58. The Morgan fingerprint density at radius 1 is 1.25 bits per heavy atom. The van der Waals surface area contributed by atoms with Crippen LogP contribution in [0.2, 0.25) is 0 Å². The van der Waals surface area contributed by atoms with Crippen molar-refractivity contribution in [2.75, 3.05) is 0 Å². The fourth-order valence-electron chi connectivity index (χ4n) is 2.39. The second-order valence-electron chi connectivity index (χ2n) is 4.35. The van der Waals surface area contributed by atoms with Gasteiger partial charge in [-0.3, -0.25) is 4.98 Å². The van der Waals surface area contributed by atoms with Gasteiger partial charge in [-0.2, -0.15) is 0 Å². The van der Waals surface area contributed by atoms with Crippen molar-refractivity contribution in [2.24, 2.45) is 0 Å². The van der Waals surface area contributed by atoms with Crippen LogP contribution in [0.15, 0.2) is 18.2 Å². The lowest BCUT2D eigenvalue weighted by Crippen LogP contribution is -1.95. The molecule has 1 aromatic carbocycles. The Bertz CT molecular complexity index is 560. The predicted molar refractivity (Wildman–Crippen MR) is 64.4 cm³/mol. The van der Waals surface area contributed by atoms with E-state index in [0.717, 1.165) is 30.8 Å². The zero-order valence-electron chi connectivity index (χ0n) is 9.71. The molecule has 2 aromatic rings. The first-order chi connectivity index (χ1) is 7.79. The zero-order valence-corrected chi connectivity index (χ0v) is 9.71. The van der Waals surface area contributed by atoms with Crippen LogP contribution in [0.3, 0.4) is 0 Å². The first-order valence-electron chi connectivity index (χ1n) is 5.78. The molecule has 0 radical (unpaired) electrons. The summed E-state index contributed by atoms with van der Waals surface area (Å²) >= 11 is 0. The molecule has 0 fully saturated rings. The number of hydrogen-bond acceptors (Lipinski definition) is 2. The lowest BCUT2D eigenvalue weighted by molar-refractivity contribution is 0.134. The summed E-state index contributed by atoms with van der Waals surface area (Å²) in [6.45, 7) is 5.70. The van der Waals surface area contributed by atoms with Crippen molar-refractivity contribution in [2.45, 2.75) is 33.5 Å². The molecule has 1 aliphatic rings. The molecule has 0 saturated heterocycles. The van der Waals surface area contributed by atoms with Gasteiger partial charge in [-0.25, -0.2) is 0 Å². The summed E-state index contributed by atoms with van der Waals surface area (Å²) in [6.07, 6.45) is 1.06. The number of fused-ring (bicyclic) bond motifs is 3. The average Bonchev–Trinajstić information content (AvgIpc) is 2.78. The molecule has 2 heterocycles. The van der Waals surface area contributed by atoms with Crippen LogP contribution >= 0.6 is 0 Å². The fourth-order valence-corrected chi connectivity index (χ4v) is 2.39. The van der Waals surface area contributed by atoms with E-state index in [1.807, 2.05) is 0 Å². The van der Waals surface area contributed by atoms with E-state index < -0.39 is 0 Å². The van der Waals surface area contributed by atoms with Gasteiger partial charge in [0.05, 0.1) is 18.7 Å². The van der Waals surface area contributed by atoms with Gasteiger partial charge in [0, 0.05) is 16.6 Å². The summed E-state index contributed by atoms with van der Waals surface area (Å²) in [7, 11) is 0. The van der Waals surface area contributed by atoms with Crippen molar-refractivity contribution in [3.63, 3.8) is 0 Å². The molecule has 16 heavy (non-hydrogen) atoms. The van der Waals surface area contributed by atoms with Crippen molar-refractivity contribution in [3.8, 4) is 0 Å². The van der Waals surface area contributed by atoms with Gasteiger partial charge >= 0.3 is 0 Å². The molecule has 0 spiro atoms. The molecule has 3 rings (SSSR count). The minimum atomic E-state index is 0.722. The Labute approximate surface area is 95.3 Å². The smallest absolute Gasteiger partial charge is 0.0742 e. The van der Waals surface area contributed by atoms with E-state index >= 15 is 0 Å². The van der Waals surface area contributed by atoms with Crippen LogP contribution in [0.5, 0.6) is 0 Å². The van der Waals surface area contributed by atoms with Crippen LogP contribution in [0, 0.1) is 6.92 Å². The quantitative estimate of drug-likeness (QED) is 0.726. The molecule has 0 aliphatic carbocycles. The third-order valence-corrected chi connectivity index (χ3v) is 3.38. The highest BCUT2D eigenvalue weighted by Gasteiger charge is 2.18. The van der Waals surface area contributed by atoms with E-state index in [4.69, 9.17) is 4.74 Å². The molecule has 0 unspecified atom stereocenters. The number of nitrogens with zero attached hydrogens (tertiary/aromatic N) is 1. The molecule has 82 valence electrons. The highest BCUT2D eigenvalue weighted by molar-refractivity contribution is 5.84. The van der Waals surface area contributed by atoms with E-state index in [1.54, 1.807) is 0 Å². The molecular formula is C14H15NO. The largest absolute Gasteiger partial charge is 0.372 e.